The summed E-state index contributed by atoms with van der Waals surface area (Å²) in [6.45, 7) is 4.10. The van der Waals surface area contributed by atoms with Crippen LogP contribution in [0.1, 0.15) is 13.8 Å². The molecule has 4 nitrogen and oxygen atoms in total. The van der Waals surface area contributed by atoms with Crippen LogP contribution in [0.15, 0.2) is 4.99 Å². The van der Waals surface area contributed by atoms with E-state index in [9.17, 15) is 0 Å². The number of aliphatic imine (C=N–C) groups is 1. The van der Waals surface area contributed by atoms with E-state index in [0.29, 0.717) is 11.9 Å². The van der Waals surface area contributed by atoms with Gasteiger partial charge in [0.25, 0.3) is 0 Å². The molecule has 0 fully saturated rings. The van der Waals surface area contributed by atoms with Crippen molar-refractivity contribution in [2.24, 2.45) is 16.6 Å². The first-order valence-electron chi connectivity index (χ1n) is 3.71. The summed E-state index contributed by atoms with van der Waals surface area (Å²) in [6, 6.07) is -0.00120. The van der Waals surface area contributed by atoms with E-state index in [0.717, 1.165) is 0 Å². The van der Waals surface area contributed by atoms with Gasteiger partial charge in [-0.3, -0.25) is 4.99 Å². The van der Waals surface area contributed by atoms with Gasteiger partial charge < -0.3 is 16.2 Å². The average Bonchev–Trinajstić information content (AvgIpc) is 1.99. The lowest BCUT2D eigenvalue weighted by Gasteiger charge is -2.19. The Kier molecular flexibility index (Phi) is 4.61. The van der Waals surface area contributed by atoms with Crippen molar-refractivity contribution in [3.8, 4) is 0 Å². The van der Waals surface area contributed by atoms with E-state index in [4.69, 9.17) is 10.8 Å². The number of aliphatic hydroxyl groups excluding tert-OH is 1. The fourth-order valence-corrected chi connectivity index (χ4v) is 0.678. The summed E-state index contributed by atoms with van der Waals surface area (Å²) >= 11 is 0. The van der Waals surface area contributed by atoms with Gasteiger partial charge in [-0.15, -0.1) is 0 Å². The highest BCUT2D eigenvalue weighted by atomic mass is 16.3. The molecule has 0 bridgehead atoms. The van der Waals surface area contributed by atoms with Crippen LogP contribution in [0.5, 0.6) is 0 Å². The molecule has 0 rings (SSSR count). The minimum absolute atomic E-state index is 0.00120. The van der Waals surface area contributed by atoms with Crippen LogP contribution in [-0.4, -0.2) is 30.8 Å². The number of aliphatic hydroxyl groups is 1. The number of rotatable bonds is 3. The summed E-state index contributed by atoms with van der Waals surface area (Å²) < 4.78 is 0. The molecule has 0 radical (unpaired) electrons. The molecule has 4 heteroatoms. The summed E-state index contributed by atoms with van der Waals surface area (Å²) in [4.78, 5) is 3.73. The van der Waals surface area contributed by atoms with Gasteiger partial charge in [0.05, 0.1) is 12.6 Å². The first-order valence-corrected chi connectivity index (χ1v) is 3.71. The normalized spacial score (nSPS) is 15.2. The maximum atomic E-state index is 8.87. The van der Waals surface area contributed by atoms with Crippen molar-refractivity contribution in [2.45, 2.75) is 19.9 Å². The molecule has 0 aromatic heterocycles. The Morgan fingerprint density at radius 2 is 2.18 bits per heavy atom. The summed E-state index contributed by atoms with van der Waals surface area (Å²) in [6.07, 6.45) is 0. The third-order valence-electron chi connectivity index (χ3n) is 1.58. The average molecular weight is 159 g/mol. The maximum absolute atomic E-state index is 8.87. The Morgan fingerprint density at radius 3 is 2.45 bits per heavy atom. The van der Waals surface area contributed by atoms with Crippen LogP contribution in [0.4, 0.5) is 0 Å². The molecular formula is C7H17N3O. The lowest BCUT2D eigenvalue weighted by Crippen LogP contribution is -2.44. The van der Waals surface area contributed by atoms with Crippen molar-refractivity contribution in [2.75, 3.05) is 13.7 Å². The SMILES string of the molecule is CN=C(N)NC(CO)C(C)C. The number of guanidine groups is 1. The number of nitrogens with one attached hydrogen (secondary N) is 1. The highest BCUT2D eigenvalue weighted by molar-refractivity contribution is 5.77. The zero-order valence-corrected chi connectivity index (χ0v) is 7.33. The second-order valence-electron chi connectivity index (χ2n) is 2.79. The van der Waals surface area contributed by atoms with Gasteiger partial charge in [0.2, 0.25) is 0 Å². The van der Waals surface area contributed by atoms with Gasteiger partial charge in [0, 0.05) is 7.05 Å². The number of nitrogens with zero attached hydrogens (tertiary/aromatic N) is 1. The molecule has 0 saturated carbocycles. The number of nitrogens with two attached hydrogens (primary N) is 1. The van der Waals surface area contributed by atoms with Crippen molar-refractivity contribution in [3.05, 3.63) is 0 Å². The predicted molar refractivity (Wildman–Crippen MR) is 46.4 cm³/mol. The van der Waals surface area contributed by atoms with Crippen LogP contribution >= 0.6 is 0 Å². The quantitative estimate of drug-likeness (QED) is 0.385. The summed E-state index contributed by atoms with van der Waals surface area (Å²) in [5.41, 5.74) is 5.42. The zero-order chi connectivity index (χ0) is 8.85. The van der Waals surface area contributed by atoms with Gasteiger partial charge in [-0.1, -0.05) is 13.8 Å². The smallest absolute Gasteiger partial charge is 0.188 e. The molecule has 4 N–H and O–H groups in total. The third-order valence-corrected chi connectivity index (χ3v) is 1.58. The molecule has 0 aromatic carbocycles. The van der Waals surface area contributed by atoms with Gasteiger partial charge >= 0.3 is 0 Å². The second-order valence-corrected chi connectivity index (χ2v) is 2.79. The first-order chi connectivity index (χ1) is 5.11. The zero-order valence-electron chi connectivity index (χ0n) is 7.33. The van der Waals surface area contributed by atoms with Gasteiger partial charge in [0.15, 0.2) is 5.96 Å². The van der Waals surface area contributed by atoms with E-state index in [2.05, 4.69) is 10.3 Å². The fourth-order valence-electron chi connectivity index (χ4n) is 0.678. The fraction of sp³-hybridized carbons (Fsp3) is 0.857. The minimum Gasteiger partial charge on any atom is -0.394 e. The molecule has 0 saturated heterocycles. The largest absolute Gasteiger partial charge is 0.394 e. The minimum atomic E-state index is -0.00120. The van der Waals surface area contributed by atoms with E-state index in [1.165, 1.54) is 0 Å². The monoisotopic (exact) mass is 159 g/mol. The molecule has 1 atom stereocenters. The molecule has 1 unspecified atom stereocenters. The van der Waals surface area contributed by atoms with Crippen molar-refractivity contribution >= 4 is 5.96 Å². The van der Waals surface area contributed by atoms with Crippen LogP contribution in [0.25, 0.3) is 0 Å². The molecule has 0 aliphatic rings. The topological polar surface area (TPSA) is 70.6 Å². The molecule has 66 valence electrons. The van der Waals surface area contributed by atoms with Crippen LogP contribution in [0, 0.1) is 5.92 Å². The number of hydrogen-bond donors (Lipinski definition) is 3. The van der Waals surface area contributed by atoms with E-state index >= 15 is 0 Å². The molecule has 0 heterocycles. The standard InChI is InChI=1S/C7H17N3O/c1-5(2)6(4-11)10-7(8)9-3/h5-6,11H,4H2,1-3H3,(H3,8,9,10). The highest BCUT2D eigenvalue weighted by Crippen LogP contribution is 1.98. The van der Waals surface area contributed by atoms with Crippen molar-refractivity contribution in [1.29, 1.82) is 0 Å². The number of hydrogen-bond acceptors (Lipinski definition) is 2. The van der Waals surface area contributed by atoms with Crippen LogP contribution in [0.3, 0.4) is 0 Å². The molecule has 0 aliphatic carbocycles. The predicted octanol–water partition coefficient (Wildman–Crippen LogP) is -0.463. The third kappa shape index (κ3) is 3.83. The highest BCUT2D eigenvalue weighted by Gasteiger charge is 2.11. The summed E-state index contributed by atoms with van der Waals surface area (Å²) in [5, 5.41) is 11.8. The van der Waals surface area contributed by atoms with E-state index < -0.39 is 0 Å². The molecule has 0 aromatic rings. The summed E-state index contributed by atoms with van der Waals surface area (Å²) in [7, 11) is 1.61. The van der Waals surface area contributed by atoms with Crippen LogP contribution < -0.4 is 11.1 Å². The van der Waals surface area contributed by atoms with Gasteiger partial charge in [-0.2, -0.15) is 0 Å². The summed E-state index contributed by atoms with van der Waals surface area (Å²) in [5.74, 6) is 0.720. The maximum Gasteiger partial charge on any atom is 0.188 e. The second kappa shape index (κ2) is 4.96. The van der Waals surface area contributed by atoms with Crippen LogP contribution in [0.2, 0.25) is 0 Å². The molecule has 0 aliphatic heterocycles. The Morgan fingerprint density at radius 1 is 1.64 bits per heavy atom. The van der Waals surface area contributed by atoms with E-state index in [1.54, 1.807) is 7.05 Å². The van der Waals surface area contributed by atoms with Crippen molar-refractivity contribution < 1.29 is 5.11 Å². The Hall–Kier alpha value is -0.770. The molecule has 0 spiro atoms. The van der Waals surface area contributed by atoms with E-state index in [1.807, 2.05) is 13.8 Å². The Bertz CT molecular complexity index is 134. The van der Waals surface area contributed by atoms with Gasteiger partial charge in [-0.25, -0.2) is 0 Å². The van der Waals surface area contributed by atoms with E-state index in [-0.39, 0.29) is 12.6 Å². The molecule has 11 heavy (non-hydrogen) atoms. The molecular weight excluding hydrogens is 142 g/mol. The first kappa shape index (κ1) is 10.2. The Balaban J connectivity index is 3.88. The lowest BCUT2D eigenvalue weighted by molar-refractivity contribution is 0.226. The van der Waals surface area contributed by atoms with Crippen molar-refractivity contribution in [1.82, 2.24) is 5.32 Å². The van der Waals surface area contributed by atoms with Crippen LogP contribution in [-0.2, 0) is 0 Å². The lowest BCUT2D eigenvalue weighted by atomic mass is 10.1. The molecule has 0 amide bonds. The van der Waals surface area contributed by atoms with Crippen molar-refractivity contribution in [3.63, 3.8) is 0 Å². The Labute approximate surface area is 67.5 Å². The van der Waals surface area contributed by atoms with Gasteiger partial charge in [0.1, 0.15) is 0 Å². The van der Waals surface area contributed by atoms with Gasteiger partial charge in [-0.05, 0) is 5.92 Å².